The number of hydrogen-bond donors (Lipinski definition) is 2. The molecule has 1 atom stereocenters. The summed E-state index contributed by atoms with van der Waals surface area (Å²) in [6.45, 7) is 0.781. The normalized spacial score (nSPS) is 20.4. The van der Waals surface area contributed by atoms with Crippen molar-refractivity contribution in [2.45, 2.75) is 30.4 Å². The summed E-state index contributed by atoms with van der Waals surface area (Å²) in [5.41, 5.74) is -0.0224. The first kappa shape index (κ1) is 15.4. The highest BCUT2D eigenvalue weighted by Gasteiger charge is 2.23. The number of hydrogen-bond acceptors (Lipinski definition) is 4. The molecule has 2 rings (SSSR count). The predicted octanol–water partition coefficient (Wildman–Crippen LogP) is 0.690. The van der Waals surface area contributed by atoms with Gasteiger partial charge < -0.3 is 10.0 Å². The predicted molar refractivity (Wildman–Crippen MR) is 73.2 cm³/mol. The van der Waals surface area contributed by atoms with E-state index in [9.17, 15) is 12.8 Å². The first-order chi connectivity index (χ1) is 9.44. The number of halogens is 1. The number of likely N-dealkylation sites (N-methyl/N-ethyl adjacent to an activating group) is 1. The van der Waals surface area contributed by atoms with Crippen LogP contribution in [0, 0.1) is 5.82 Å². The second kappa shape index (κ2) is 6.17. The number of nitrogens with zero attached hydrogens (tertiary/aromatic N) is 1. The van der Waals surface area contributed by atoms with Crippen LogP contribution in [0.4, 0.5) is 4.39 Å². The third-order valence-corrected chi connectivity index (χ3v) is 5.10. The molecule has 0 aliphatic carbocycles. The molecule has 0 amide bonds. The van der Waals surface area contributed by atoms with Crippen molar-refractivity contribution in [2.75, 3.05) is 20.1 Å². The number of likely N-dealkylation sites (tertiary alicyclic amines) is 1. The van der Waals surface area contributed by atoms with Crippen LogP contribution < -0.4 is 4.72 Å². The molecule has 2 N–H and O–H groups in total. The molecule has 0 radical (unpaired) electrons. The van der Waals surface area contributed by atoms with Crippen LogP contribution in [0.1, 0.15) is 18.4 Å². The van der Waals surface area contributed by atoms with Crippen molar-refractivity contribution in [1.82, 2.24) is 9.62 Å². The number of sulfonamides is 1. The SMILES string of the molecule is CN1CCCC1CNS(=O)(=O)c1ccc(F)c(CO)c1. The van der Waals surface area contributed by atoms with Crippen LogP contribution in [0.5, 0.6) is 0 Å². The van der Waals surface area contributed by atoms with Crippen molar-refractivity contribution in [3.8, 4) is 0 Å². The molecule has 1 saturated heterocycles. The van der Waals surface area contributed by atoms with Gasteiger partial charge in [-0.25, -0.2) is 17.5 Å². The van der Waals surface area contributed by atoms with E-state index in [1.54, 1.807) is 0 Å². The molecule has 1 unspecified atom stereocenters. The maximum atomic E-state index is 13.3. The average Bonchev–Trinajstić information content (AvgIpc) is 2.82. The van der Waals surface area contributed by atoms with E-state index in [-0.39, 0.29) is 16.5 Å². The molecule has 0 spiro atoms. The standard InChI is InChI=1S/C13H19FN2O3S/c1-16-6-2-3-11(16)8-15-20(18,19)12-4-5-13(14)10(7-12)9-17/h4-5,7,11,15,17H,2-3,6,8-9H2,1H3. The molecule has 0 aromatic heterocycles. The molecule has 7 heteroatoms. The molecule has 1 aliphatic heterocycles. The lowest BCUT2D eigenvalue weighted by Gasteiger charge is -2.19. The second-order valence-electron chi connectivity index (χ2n) is 5.04. The highest BCUT2D eigenvalue weighted by Crippen LogP contribution is 2.17. The van der Waals surface area contributed by atoms with Crippen LogP contribution in [0.3, 0.4) is 0 Å². The van der Waals surface area contributed by atoms with Crippen LogP contribution in [-0.4, -0.2) is 44.6 Å². The zero-order chi connectivity index (χ0) is 14.8. The van der Waals surface area contributed by atoms with Gasteiger partial charge >= 0.3 is 0 Å². The molecule has 0 bridgehead atoms. The minimum Gasteiger partial charge on any atom is -0.392 e. The lowest BCUT2D eigenvalue weighted by atomic mass is 10.2. The third-order valence-electron chi connectivity index (χ3n) is 3.68. The Morgan fingerprint density at radius 2 is 2.25 bits per heavy atom. The van der Waals surface area contributed by atoms with E-state index in [2.05, 4.69) is 9.62 Å². The van der Waals surface area contributed by atoms with Gasteiger partial charge in [-0.3, -0.25) is 0 Å². The summed E-state index contributed by atoms with van der Waals surface area (Å²) in [6.07, 6.45) is 2.03. The van der Waals surface area contributed by atoms with E-state index in [4.69, 9.17) is 5.11 Å². The molecule has 1 fully saturated rings. The van der Waals surface area contributed by atoms with Crippen LogP contribution in [0.25, 0.3) is 0 Å². The van der Waals surface area contributed by atoms with Crippen molar-refractivity contribution in [1.29, 1.82) is 0 Å². The molecule has 5 nitrogen and oxygen atoms in total. The van der Waals surface area contributed by atoms with Crippen molar-refractivity contribution in [2.24, 2.45) is 0 Å². The van der Waals surface area contributed by atoms with E-state index in [0.29, 0.717) is 6.54 Å². The van der Waals surface area contributed by atoms with Gasteiger partial charge in [-0.2, -0.15) is 0 Å². The Kier molecular flexibility index (Phi) is 4.74. The fourth-order valence-electron chi connectivity index (χ4n) is 2.37. The van der Waals surface area contributed by atoms with Gasteiger partial charge in [0, 0.05) is 18.2 Å². The van der Waals surface area contributed by atoms with Gasteiger partial charge in [0.25, 0.3) is 0 Å². The maximum Gasteiger partial charge on any atom is 0.240 e. The van der Waals surface area contributed by atoms with Gasteiger partial charge in [0.05, 0.1) is 11.5 Å². The molecule has 1 aromatic carbocycles. The van der Waals surface area contributed by atoms with Crippen molar-refractivity contribution >= 4 is 10.0 Å². The number of aliphatic hydroxyl groups is 1. The minimum absolute atomic E-state index is 0.0224. The van der Waals surface area contributed by atoms with Gasteiger partial charge in [-0.15, -0.1) is 0 Å². The monoisotopic (exact) mass is 302 g/mol. The van der Waals surface area contributed by atoms with Crippen molar-refractivity contribution in [3.63, 3.8) is 0 Å². The molecular weight excluding hydrogens is 283 g/mol. The molecule has 1 aliphatic rings. The molecule has 1 heterocycles. The second-order valence-corrected chi connectivity index (χ2v) is 6.81. The maximum absolute atomic E-state index is 13.3. The highest BCUT2D eigenvalue weighted by atomic mass is 32.2. The summed E-state index contributed by atoms with van der Waals surface area (Å²) in [4.78, 5) is 2.09. The zero-order valence-corrected chi connectivity index (χ0v) is 12.2. The van der Waals surface area contributed by atoms with E-state index in [1.807, 2.05) is 7.05 Å². The summed E-state index contributed by atoms with van der Waals surface area (Å²) < 4.78 is 40.1. The van der Waals surface area contributed by atoms with Crippen LogP contribution in [-0.2, 0) is 16.6 Å². The van der Waals surface area contributed by atoms with Gasteiger partial charge in [-0.05, 0) is 44.6 Å². The quantitative estimate of drug-likeness (QED) is 0.840. The first-order valence-electron chi connectivity index (χ1n) is 6.53. The van der Waals surface area contributed by atoms with E-state index < -0.39 is 22.4 Å². The molecule has 20 heavy (non-hydrogen) atoms. The van der Waals surface area contributed by atoms with Crippen LogP contribution in [0.15, 0.2) is 23.1 Å². The Balaban J connectivity index is 2.10. The summed E-state index contributed by atoms with van der Waals surface area (Å²) in [5.74, 6) is -0.609. The van der Waals surface area contributed by atoms with Crippen molar-refractivity contribution in [3.05, 3.63) is 29.6 Å². The molecular formula is C13H19FN2O3S. The van der Waals surface area contributed by atoms with E-state index in [0.717, 1.165) is 31.5 Å². The van der Waals surface area contributed by atoms with E-state index >= 15 is 0 Å². The Hall–Kier alpha value is -1.02. The van der Waals surface area contributed by atoms with Crippen LogP contribution >= 0.6 is 0 Å². The Labute approximate surface area is 118 Å². The Morgan fingerprint density at radius 1 is 1.50 bits per heavy atom. The van der Waals surface area contributed by atoms with Gasteiger partial charge in [0.2, 0.25) is 10.0 Å². The largest absolute Gasteiger partial charge is 0.392 e. The fraction of sp³-hybridized carbons (Fsp3) is 0.538. The summed E-state index contributed by atoms with van der Waals surface area (Å²) >= 11 is 0. The fourth-order valence-corrected chi connectivity index (χ4v) is 3.49. The topological polar surface area (TPSA) is 69.6 Å². The number of aliphatic hydroxyl groups excluding tert-OH is 1. The van der Waals surface area contributed by atoms with Crippen LogP contribution in [0.2, 0.25) is 0 Å². The number of nitrogens with one attached hydrogen (secondary N) is 1. The minimum atomic E-state index is -3.67. The van der Waals surface area contributed by atoms with Gasteiger partial charge in [0.1, 0.15) is 5.82 Å². The van der Waals surface area contributed by atoms with Crippen molar-refractivity contribution < 1.29 is 17.9 Å². The molecule has 1 aromatic rings. The first-order valence-corrected chi connectivity index (χ1v) is 8.01. The lowest BCUT2D eigenvalue weighted by molar-refractivity contribution is 0.275. The summed E-state index contributed by atoms with van der Waals surface area (Å²) in [6, 6.07) is 3.62. The summed E-state index contributed by atoms with van der Waals surface area (Å²) in [7, 11) is -1.71. The average molecular weight is 302 g/mol. The van der Waals surface area contributed by atoms with E-state index in [1.165, 1.54) is 6.07 Å². The van der Waals surface area contributed by atoms with Gasteiger partial charge in [-0.1, -0.05) is 0 Å². The summed E-state index contributed by atoms with van der Waals surface area (Å²) in [5, 5.41) is 8.98. The third kappa shape index (κ3) is 3.35. The Morgan fingerprint density at radius 3 is 2.85 bits per heavy atom. The molecule has 112 valence electrons. The zero-order valence-electron chi connectivity index (χ0n) is 11.3. The number of rotatable bonds is 5. The Bertz CT molecular complexity index is 577. The lowest BCUT2D eigenvalue weighted by Crippen LogP contribution is -2.38. The molecule has 0 saturated carbocycles. The smallest absolute Gasteiger partial charge is 0.240 e. The highest BCUT2D eigenvalue weighted by molar-refractivity contribution is 7.89. The number of benzene rings is 1. The van der Waals surface area contributed by atoms with Gasteiger partial charge in [0.15, 0.2) is 0 Å².